The van der Waals surface area contributed by atoms with E-state index in [1.165, 1.54) is 21.7 Å². The van der Waals surface area contributed by atoms with E-state index in [0.717, 1.165) is 15.9 Å². The van der Waals surface area contributed by atoms with Crippen molar-refractivity contribution >= 4 is 27.7 Å². The van der Waals surface area contributed by atoms with Crippen LogP contribution in [-0.2, 0) is 12.8 Å². The highest BCUT2D eigenvalue weighted by atomic mass is 79.9. The van der Waals surface area contributed by atoms with Crippen LogP contribution in [0.2, 0.25) is 0 Å². The minimum atomic E-state index is 0.931. The summed E-state index contributed by atoms with van der Waals surface area (Å²) in [4.78, 5) is 1.31. The van der Waals surface area contributed by atoms with Crippen molar-refractivity contribution < 1.29 is 0 Å². The Morgan fingerprint density at radius 3 is 2.50 bits per heavy atom. The van der Waals surface area contributed by atoms with Gasteiger partial charge in [0, 0.05) is 17.7 Å². The van der Waals surface area contributed by atoms with Crippen LogP contribution in [0.3, 0.4) is 0 Å². The molecule has 0 unspecified atom stereocenters. The zero-order valence-corrected chi connectivity index (χ0v) is 13.5. The number of aromatic nitrogens is 2. The van der Waals surface area contributed by atoms with Crippen molar-refractivity contribution in [3.05, 3.63) is 45.2 Å². The third kappa shape index (κ3) is 2.81. The van der Waals surface area contributed by atoms with Gasteiger partial charge in [-0.2, -0.15) is 5.10 Å². The summed E-state index contributed by atoms with van der Waals surface area (Å²) in [6.07, 6.45) is 0. The smallest absolute Gasteiger partial charge is 0.0738 e. The topological polar surface area (TPSA) is 17.8 Å². The molecule has 0 amide bonds. The van der Waals surface area contributed by atoms with Gasteiger partial charge in [-0.1, -0.05) is 6.07 Å². The van der Waals surface area contributed by atoms with Crippen LogP contribution in [0.25, 0.3) is 0 Å². The maximum Gasteiger partial charge on any atom is 0.0738 e. The molecule has 0 bridgehead atoms. The maximum absolute atomic E-state index is 4.41. The van der Waals surface area contributed by atoms with Crippen LogP contribution >= 0.6 is 27.7 Å². The minimum absolute atomic E-state index is 0.931. The number of benzene rings is 1. The van der Waals surface area contributed by atoms with Crippen LogP contribution in [0.5, 0.6) is 0 Å². The number of nitrogens with zero attached hydrogens (tertiary/aromatic N) is 2. The summed E-state index contributed by atoms with van der Waals surface area (Å²) in [7, 11) is 1.99. The molecule has 0 aliphatic heterocycles. The van der Waals surface area contributed by atoms with Crippen molar-refractivity contribution in [1.29, 1.82) is 0 Å². The summed E-state index contributed by atoms with van der Waals surface area (Å²) in [6.45, 7) is 6.32. The van der Waals surface area contributed by atoms with E-state index in [9.17, 15) is 0 Å². The molecule has 2 aromatic rings. The molecule has 0 N–H and O–H groups in total. The third-order valence-corrected chi connectivity index (χ3v) is 5.15. The summed E-state index contributed by atoms with van der Waals surface area (Å²) in [6, 6.07) is 6.61. The lowest BCUT2D eigenvalue weighted by Crippen LogP contribution is -1.96. The van der Waals surface area contributed by atoms with Crippen molar-refractivity contribution in [3.8, 4) is 0 Å². The monoisotopic (exact) mass is 324 g/mol. The second-order valence-electron chi connectivity index (χ2n) is 4.50. The van der Waals surface area contributed by atoms with Crippen LogP contribution in [0.15, 0.2) is 27.6 Å². The van der Waals surface area contributed by atoms with Crippen molar-refractivity contribution in [3.63, 3.8) is 0 Å². The molecule has 0 radical (unpaired) electrons. The Hall–Kier alpha value is -0.740. The van der Waals surface area contributed by atoms with Crippen LogP contribution in [0.1, 0.15) is 22.5 Å². The van der Waals surface area contributed by atoms with E-state index in [2.05, 4.69) is 53.1 Å². The summed E-state index contributed by atoms with van der Waals surface area (Å²) < 4.78 is 3.08. The molecule has 1 aromatic heterocycles. The van der Waals surface area contributed by atoms with Crippen molar-refractivity contribution in [2.45, 2.75) is 31.4 Å². The van der Waals surface area contributed by atoms with Crippen molar-refractivity contribution in [2.75, 3.05) is 0 Å². The van der Waals surface area contributed by atoms with E-state index in [0.29, 0.717) is 0 Å². The zero-order valence-electron chi connectivity index (χ0n) is 11.1. The fraction of sp³-hybridized carbons (Fsp3) is 0.357. The molecule has 1 aromatic carbocycles. The van der Waals surface area contributed by atoms with E-state index >= 15 is 0 Å². The van der Waals surface area contributed by atoms with Gasteiger partial charge >= 0.3 is 0 Å². The number of halogens is 1. The van der Waals surface area contributed by atoms with E-state index < -0.39 is 0 Å². The van der Waals surface area contributed by atoms with E-state index in [4.69, 9.17) is 0 Å². The number of aryl methyl sites for hydroxylation is 4. The van der Waals surface area contributed by atoms with Gasteiger partial charge in [-0.15, -0.1) is 11.8 Å². The molecule has 0 aliphatic rings. The molecule has 0 spiro atoms. The Bertz CT molecular complexity index is 575. The molecule has 96 valence electrons. The minimum Gasteiger partial charge on any atom is -0.270 e. The Morgan fingerprint density at radius 2 is 1.94 bits per heavy atom. The van der Waals surface area contributed by atoms with Gasteiger partial charge in [-0.05, 0) is 60.0 Å². The maximum atomic E-state index is 4.41. The standard InChI is InChI=1S/C14H17BrN2S/c1-9-5-6-12(7-10(9)2)18-8-13-14(15)11(3)16-17(13)4/h5-7H,8H2,1-4H3. The van der Waals surface area contributed by atoms with Crippen LogP contribution in [0.4, 0.5) is 0 Å². The lowest BCUT2D eigenvalue weighted by molar-refractivity contribution is 0.727. The molecule has 0 atom stereocenters. The normalized spacial score (nSPS) is 10.9. The highest BCUT2D eigenvalue weighted by Gasteiger charge is 2.10. The SMILES string of the molecule is Cc1ccc(SCc2c(Br)c(C)nn2C)cc1C. The summed E-state index contributed by atoms with van der Waals surface area (Å²) in [5.74, 6) is 0.931. The zero-order chi connectivity index (χ0) is 13.3. The van der Waals surface area contributed by atoms with Gasteiger partial charge in [0.1, 0.15) is 0 Å². The molecule has 4 heteroatoms. The Kier molecular flexibility index (Phi) is 4.17. The quantitative estimate of drug-likeness (QED) is 0.779. The first-order valence-electron chi connectivity index (χ1n) is 5.87. The van der Waals surface area contributed by atoms with Gasteiger partial charge in [-0.25, -0.2) is 0 Å². The molecule has 0 fully saturated rings. The van der Waals surface area contributed by atoms with Crippen LogP contribution in [0, 0.1) is 20.8 Å². The van der Waals surface area contributed by atoms with E-state index in [-0.39, 0.29) is 0 Å². The van der Waals surface area contributed by atoms with Crippen molar-refractivity contribution in [2.24, 2.45) is 7.05 Å². The first-order valence-corrected chi connectivity index (χ1v) is 7.65. The highest BCUT2D eigenvalue weighted by Crippen LogP contribution is 2.29. The van der Waals surface area contributed by atoms with Gasteiger partial charge in [0.15, 0.2) is 0 Å². The molecule has 1 heterocycles. The van der Waals surface area contributed by atoms with Crippen LogP contribution in [-0.4, -0.2) is 9.78 Å². The fourth-order valence-corrected chi connectivity index (χ4v) is 3.51. The first kappa shape index (κ1) is 13.7. The molecular weight excluding hydrogens is 308 g/mol. The average molecular weight is 325 g/mol. The van der Waals surface area contributed by atoms with Gasteiger partial charge in [0.2, 0.25) is 0 Å². The second kappa shape index (κ2) is 5.49. The van der Waals surface area contributed by atoms with Crippen molar-refractivity contribution in [1.82, 2.24) is 9.78 Å². The van der Waals surface area contributed by atoms with Crippen LogP contribution < -0.4 is 0 Å². The Balaban J connectivity index is 2.14. The molecule has 0 aliphatic carbocycles. The number of hydrogen-bond acceptors (Lipinski definition) is 2. The third-order valence-electron chi connectivity index (χ3n) is 3.12. The molecule has 2 rings (SSSR count). The molecule has 0 saturated heterocycles. The Labute approximate surface area is 121 Å². The predicted octanol–water partition coefficient (Wildman–Crippen LogP) is 4.40. The molecule has 2 nitrogen and oxygen atoms in total. The predicted molar refractivity (Wildman–Crippen MR) is 81.1 cm³/mol. The number of thioether (sulfide) groups is 1. The van der Waals surface area contributed by atoms with Gasteiger partial charge in [0.25, 0.3) is 0 Å². The lowest BCUT2D eigenvalue weighted by atomic mass is 10.1. The van der Waals surface area contributed by atoms with Gasteiger partial charge < -0.3 is 0 Å². The van der Waals surface area contributed by atoms with Gasteiger partial charge in [-0.3, -0.25) is 4.68 Å². The highest BCUT2D eigenvalue weighted by molar-refractivity contribution is 9.10. The largest absolute Gasteiger partial charge is 0.270 e. The average Bonchev–Trinajstić information content (AvgIpc) is 2.56. The summed E-state index contributed by atoms with van der Waals surface area (Å²) in [5, 5.41) is 4.41. The number of hydrogen-bond donors (Lipinski definition) is 0. The lowest BCUT2D eigenvalue weighted by Gasteiger charge is -2.06. The summed E-state index contributed by atoms with van der Waals surface area (Å²) >= 11 is 5.45. The fourth-order valence-electron chi connectivity index (χ4n) is 1.79. The Morgan fingerprint density at radius 1 is 1.22 bits per heavy atom. The number of rotatable bonds is 3. The molecular formula is C14H17BrN2S. The van der Waals surface area contributed by atoms with E-state index in [1.54, 1.807) is 0 Å². The molecule has 0 saturated carbocycles. The first-order chi connectivity index (χ1) is 8.49. The molecule has 18 heavy (non-hydrogen) atoms. The second-order valence-corrected chi connectivity index (χ2v) is 6.35. The summed E-state index contributed by atoms with van der Waals surface area (Å²) in [5.41, 5.74) is 4.97. The van der Waals surface area contributed by atoms with E-state index in [1.807, 2.05) is 30.4 Å². The van der Waals surface area contributed by atoms with Gasteiger partial charge in [0.05, 0.1) is 15.9 Å².